The first-order valence-corrected chi connectivity index (χ1v) is 10.8. The molecule has 0 amide bonds. The maximum Gasteiger partial charge on any atom is 0.251 e. The minimum Gasteiger partial charge on any atom is -0.306 e. The molecule has 3 aromatic rings. The molecule has 4 rings (SSSR count). The summed E-state index contributed by atoms with van der Waals surface area (Å²) in [5.74, 6) is 0.941. The molecule has 1 aliphatic rings. The second kappa shape index (κ2) is 7.65. The summed E-state index contributed by atoms with van der Waals surface area (Å²) in [6.45, 7) is 1.83. The lowest BCUT2D eigenvalue weighted by molar-refractivity contribution is 0.287. The number of hydrogen-bond acceptors (Lipinski definition) is 6. The van der Waals surface area contributed by atoms with Crippen molar-refractivity contribution in [3.63, 3.8) is 0 Å². The Morgan fingerprint density at radius 2 is 1.79 bits per heavy atom. The van der Waals surface area contributed by atoms with E-state index in [9.17, 15) is 13.2 Å². The number of rotatable bonds is 4. The van der Waals surface area contributed by atoms with E-state index in [1.807, 2.05) is 30.3 Å². The molecule has 1 saturated heterocycles. The zero-order valence-electron chi connectivity index (χ0n) is 15.2. The summed E-state index contributed by atoms with van der Waals surface area (Å²) in [7, 11) is -2.87. The number of aromatic nitrogens is 3. The Labute approximate surface area is 163 Å². The first-order chi connectivity index (χ1) is 13.5. The maximum absolute atomic E-state index is 12.1. The standard InChI is InChI=1S/C20H20N4O3S/c25-19-12-18(17-2-1-7-21-13-17)22-20(23-19)16-5-3-15(4-6-16)14-24-8-10-28(26,27)11-9-24/h1-7,12-13H,8-11,14H2,(H,22,23,25). The van der Waals surface area contributed by atoms with Crippen LogP contribution < -0.4 is 5.56 Å². The van der Waals surface area contributed by atoms with Gasteiger partial charge in [0.15, 0.2) is 9.84 Å². The third-order valence-electron chi connectivity index (χ3n) is 4.77. The van der Waals surface area contributed by atoms with Crippen molar-refractivity contribution in [3.8, 4) is 22.6 Å². The number of nitrogens with one attached hydrogen (secondary N) is 1. The fourth-order valence-corrected chi connectivity index (χ4v) is 4.47. The van der Waals surface area contributed by atoms with Crippen molar-refractivity contribution in [1.82, 2.24) is 19.9 Å². The van der Waals surface area contributed by atoms with E-state index in [0.717, 1.165) is 16.7 Å². The van der Waals surface area contributed by atoms with Crippen molar-refractivity contribution in [2.24, 2.45) is 0 Å². The van der Waals surface area contributed by atoms with Gasteiger partial charge in [0, 0.05) is 49.2 Å². The van der Waals surface area contributed by atoms with Crippen molar-refractivity contribution < 1.29 is 8.42 Å². The SMILES string of the molecule is O=c1cc(-c2cccnc2)nc(-c2ccc(CN3CCS(=O)(=O)CC3)cc2)[nH]1. The highest BCUT2D eigenvalue weighted by Crippen LogP contribution is 2.20. The Morgan fingerprint density at radius 1 is 1.04 bits per heavy atom. The summed E-state index contributed by atoms with van der Waals surface area (Å²) in [5.41, 5.74) is 3.04. The maximum atomic E-state index is 12.1. The van der Waals surface area contributed by atoms with Gasteiger partial charge in [-0.1, -0.05) is 24.3 Å². The lowest BCUT2D eigenvalue weighted by Gasteiger charge is -2.26. The van der Waals surface area contributed by atoms with Crippen LogP contribution in [0.15, 0.2) is 59.7 Å². The molecule has 1 aromatic carbocycles. The lowest BCUT2D eigenvalue weighted by Crippen LogP contribution is -2.39. The molecule has 0 unspecified atom stereocenters. The van der Waals surface area contributed by atoms with E-state index in [-0.39, 0.29) is 17.1 Å². The molecule has 3 heterocycles. The molecule has 0 spiro atoms. The minimum absolute atomic E-state index is 0.220. The van der Waals surface area contributed by atoms with Crippen LogP contribution in [0, 0.1) is 0 Å². The number of benzene rings is 1. The summed E-state index contributed by atoms with van der Waals surface area (Å²) in [5, 5.41) is 0. The van der Waals surface area contributed by atoms with Gasteiger partial charge in [-0.05, 0) is 17.7 Å². The highest BCUT2D eigenvalue weighted by molar-refractivity contribution is 7.91. The zero-order chi connectivity index (χ0) is 19.6. The van der Waals surface area contributed by atoms with Crippen LogP contribution in [0.1, 0.15) is 5.56 Å². The van der Waals surface area contributed by atoms with Gasteiger partial charge >= 0.3 is 0 Å². The first-order valence-electron chi connectivity index (χ1n) is 9.02. The highest BCUT2D eigenvalue weighted by atomic mass is 32.2. The quantitative estimate of drug-likeness (QED) is 0.722. The second-order valence-corrected chi connectivity index (χ2v) is 9.15. The molecular formula is C20H20N4O3S. The molecule has 28 heavy (non-hydrogen) atoms. The summed E-state index contributed by atoms with van der Waals surface area (Å²) in [6.07, 6.45) is 3.35. The van der Waals surface area contributed by atoms with Gasteiger partial charge in [0.1, 0.15) is 5.82 Å². The van der Waals surface area contributed by atoms with Crippen LogP contribution in [-0.2, 0) is 16.4 Å². The molecule has 0 aliphatic carbocycles. The van der Waals surface area contributed by atoms with Gasteiger partial charge in [-0.25, -0.2) is 13.4 Å². The van der Waals surface area contributed by atoms with E-state index in [1.54, 1.807) is 18.5 Å². The number of nitrogens with zero attached hydrogens (tertiary/aromatic N) is 3. The molecule has 144 valence electrons. The molecule has 1 aliphatic heterocycles. The molecule has 0 radical (unpaired) electrons. The van der Waals surface area contributed by atoms with Crippen molar-refractivity contribution in [2.75, 3.05) is 24.6 Å². The number of aromatic amines is 1. The molecule has 8 heteroatoms. The van der Waals surface area contributed by atoms with E-state index in [1.165, 1.54) is 6.07 Å². The topological polar surface area (TPSA) is 96.0 Å². The van der Waals surface area contributed by atoms with Gasteiger partial charge in [0.05, 0.1) is 17.2 Å². The predicted octanol–water partition coefficient (Wildman–Crippen LogP) is 1.73. The average molecular weight is 396 g/mol. The Morgan fingerprint density at radius 3 is 2.46 bits per heavy atom. The van der Waals surface area contributed by atoms with Crippen LogP contribution in [-0.4, -0.2) is 52.9 Å². The first kappa shape index (κ1) is 18.5. The number of hydrogen-bond donors (Lipinski definition) is 1. The van der Waals surface area contributed by atoms with E-state index < -0.39 is 9.84 Å². The van der Waals surface area contributed by atoms with Gasteiger partial charge in [-0.2, -0.15) is 0 Å². The van der Waals surface area contributed by atoms with Crippen LogP contribution >= 0.6 is 0 Å². The third-order valence-corrected chi connectivity index (χ3v) is 6.38. The Kier molecular flexibility index (Phi) is 5.06. The summed E-state index contributed by atoms with van der Waals surface area (Å²) < 4.78 is 23.1. The third kappa shape index (κ3) is 4.35. The van der Waals surface area contributed by atoms with Gasteiger partial charge < -0.3 is 4.98 Å². The minimum atomic E-state index is -2.87. The molecule has 1 N–H and O–H groups in total. The van der Waals surface area contributed by atoms with Gasteiger partial charge in [-0.3, -0.25) is 14.7 Å². The van der Waals surface area contributed by atoms with Crippen LogP contribution in [0.25, 0.3) is 22.6 Å². The Balaban J connectivity index is 1.53. The molecule has 7 nitrogen and oxygen atoms in total. The zero-order valence-corrected chi connectivity index (χ0v) is 16.0. The molecule has 1 fully saturated rings. The summed E-state index contributed by atoms with van der Waals surface area (Å²) in [4.78, 5) is 25.6. The smallest absolute Gasteiger partial charge is 0.251 e. The van der Waals surface area contributed by atoms with E-state index >= 15 is 0 Å². The monoisotopic (exact) mass is 396 g/mol. The summed E-state index contributed by atoms with van der Waals surface area (Å²) >= 11 is 0. The van der Waals surface area contributed by atoms with Crippen molar-refractivity contribution in [1.29, 1.82) is 0 Å². The van der Waals surface area contributed by atoms with Crippen LogP contribution in [0.4, 0.5) is 0 Å². The number of sulfone groups is 1. The Hall–Kier alpha value is -2.84. The van der Waals surface area contributed by atoms with Gasteiger partial charge in [0.2, 0.25) is 0 Å². The number of pyridine rings is 1. The summed E-state index contributed by atoms with van der Waals surface area (Å²) in [6, 6.07) is 12.9. The predicted molar refractivity (Wildman–Crippen MR) is 107 cm³/mol. The fourth-order valence-electron chi connectivity index (χ4n) is 3.19. The van der Waals surface area contributed by atoms with Crippen LogP contribution in [0.2, 0.25) is 0 Å². The van der Waals surface area contributed by atoms with Crippen LogP contribution in [0.5, 0.6) is 0 Å². The van der Waals surface area contributed by atoms with Crippen molar-refractivity contribution >= 4 is 9.84 Å². The van der Waals surface area contributed by atoms with E-state index in [4.69, 9.17) is 0 Å². The second-order valence-electron chi connectivity index (χ2n) is 6.85. The molecule has 0 atom stereocenters. The molecular weight excluding hydrogens is 376 g/mol. The molecule has 0 saturated carbocycles. The lowest BCUT2D eigenvalue weighted by atomic mass is 10.1. The van der Waals surface area contributed by atoms with E-state index in [0.29, 0.717) is 31.2 Å². The van der Waals surface area contributed by atoms with Crippen molar-refractivity contribution in [3.05, 3.63) is 70.8 Å². The van der Waals surface area contributed by atoms with Crippen LogP contribution in [0.3, 0.4) is 0 Å². The Bertz CT molecular complexity index is 1110. The van der Waals surface area contributed by atoms with Gasteiger partial charge in [0.25, 0.3) is 5.56 Å². The fraction of sp³-hybridized carbons (Fsp3) is 0.250. The van der Waals surface area contributed by atoms with Gasteiger partial charge in [-0.15, -0.1) is 0 Å². The number of H-pyrrole nitrogens is 1. The highest BCUT2D eigenvalue weighted by Gasteiger charge is 2.21. The normalized spacial score (nSPS) is 16.7. The average Bonchev–Trinajstić information content (AvgIpc) is 2.70. The molecule has 0 bridgehead atoms. The largest absolute Gasteiger partial charge is 0.306 e. The molecule has 2 aromatic heterocycles. The van der Waals surface area contributed by atoms with Crippen molar-refractivity contribution in [2.45, 2.75) is 6.54 Å². The van der Waals surface area contributed by atoms with E-state index in [2.05, 4.69) is 19.9 Å².